The van der Waals surface area contributed by atoms with Crippen LogP contribution in [0.4, 0.5) is 0 Å². The van der Waals surface area contributed by atoms with Crippen molar-refractivity contribution in [1.82, 2.24) is 15.0 Å². The van der Waals surface area contributed by atoms with E-state index in [-0.39, 0.29) is 0 Å². The summed E-state index contributed by atoms with van der Waals surface area (Å²) in [6.07, 6.45) is 0. The molecule has 55 heavy (non-hydrogen) atoms. The Morgan fingerprint density at radius 2 is 0.836 bits per heavy atom. The van der Waals surface area contributed by atoms with Crippen LogP contribution in [-0.2, 0) is 5.41 Å². The first-order chi connectivity index (χ1) is 27.3. The van der Waals surface area contributed by atoms with E-state index in [1.165, 1.54) is 49.5 Å². The summed E-state index contributed by atoms with van der Waals surface area (Å²) in [5.41, 5.74) is 9.90. The van der Waals surface area contributed by atoms with E-state index in [1.54, 1.807) is 0 Å². The van der Waals surface area contributed by atoms with Gasteiger partial charge in [-0.3, -0.25) is 0 Å². The predicted molar refractivity (Wildman–Crippen MR) is 226 cm³/mol. The highest BCUT2D eigenvalue weighted by Gasteiger charge is 2.47. The van der Waals surface area contributed by atoms with Crippen LogP contribution in [0.3, 0.4) is 0 Å². The molecule has 0 N–H and O–H groups in total. The Kier molecular flexibility index (Phi) is 7.08. The van der Waals surface area contributed by atoms with Crippen LogP contribution in [0.15, 0.2) is 200 Å². The minimum absolute atomic E-state index is 0.532. The normalized spacial score (nSPS) is 12.9. The molecule has 0 bridgehead atoms. The molecule has 0 saturated carbocycles. The standard InChI is InChI=1S/C52H33N3/c1-3-18-40(19-4-1)52(41-20-5-2-6-21-41)47-25-12-11-23-43(47)44-31-30-36-27-29-39(33-46(36)48(44)52)50-53-49(38-28-26-34-14-7-8-16-37(34)32-38)54-51(55-50)45-24-13-17-35-15-9-10-22-42(35)45/h1-33H. The molecule has 0 saturated heterocycles. The SMILES string of the molecule is c1ccc(C2(c3ccccc3)c3ccccc3-c3ccc4ccc(-c5nc(-c6ccc7ccccc7c6)nc(-c6cccc7ccccc67)n5)cc4c32)cc1. The Morgan fingerprint density at radius 1 is 0.309 bits per heavy atom. The van der Waals surface area contributed by atoms with E-state index < -0.39 is 5.41 Å². The number of fused-ring (bicyclic) bond motifs is 7. The van der Waals surface area contributed by atoms with Crippen molar-refractivity contribution in [3.8, 4) is 45.3 Å². The summed E-state index contributed by atoms with van der Waals surface area (Å²) in [5, 5.41) is 6.93. The second-order valence-electron chi connectivity index (χ2n) is 14.3. The third-order valence-electron chi connectivity index (χ3n) is 11.4. The minimum Gasteiger partial charge on any atom is -0.208 e. The van der Waals surface area contributed by atoms with Crippen molar-refractivity contribution in [3.05, 3.63) is 222 Å². The lowest BCUT2D eigenvalue weighted by Gasteiger charge is -2.34. The summed E-state index contributed by atoms with van der Waals surface area (Å²) in [7, 11) is 0. The van der Waals surface area contributed by atoms with Crippen molar-refractivity contribution >= 4 is 32.3 Å². The molecule has 0 fully saturated rings. The average molecular weight is 700 g/mol. The van der Waals surface area contributed by atoms with Crippen LogP contribution in [0.2, 0.25) is 0 Å². The molecule has 11 rings (SSSR count). The molecule has 3 nitrogen and oxygen atoms in total. The predicted octanol–water partition coefficient (Wildman–Crippen LogP) is 12.7. The first kappa shape index (κ1) is 31.3. The van der Waals surface area contributed by atoms with Crippen molar-refractivity contribution < 1.29 is 0 Å². The van der Waals surface area contributed by atoms with Crippen LogP contribution in [0.1, 0.15) is 22.3 Å². The van der Waals surface area contributed by atoms with Gasteiger partial charge in [0.15, 0.2) is 17.5 Å². The first-order valence-electron chi connectivity index (χ1n) is 18.8. The lowest BCUT2D eigenvalue weighted by Crippen LogP contribution is -2.28. The fourth-order valence-electron chi connectivity index (χ4n) is 8.91. The van der Waals surface area contributed by atoms with Crippen LogP contribution >= 0.6 is 0 Å². The van der Waals surface area contributed by atoms with Gasteiger partial charge in [-0.1, -0.05) is 188 Å². The fraction of sp³-hybridized carbons (Fsp3) is 0.0192. The molecule has 1 aliphatic carbocycles. The van der Waals surface area contributed by atoms with Gasteiger partial charge in [0.05, 0.1) is 5.41 Å². The van der Waals surface area contributed by atoms with E-state index in [0.717, 1.165) is 32.8 Å². The number of rotatable bonds is 5. The minimum atomic E-state index is -0.532. The molecule has 0 unspecified atom stereocenters. The van der Waals surface area contributed by atoms with Crippen molar-refractivity contribution in [3.63, 3.8) is 0 Å². The van der Waals surface area contributed by atoms with E-state index in [2.05, 4.69) is 200 Å². The molecule has 256 valence electrons. The Balaban J connectivity index is 1.20. The first-order valence-corrected chi connectivity index (χ1v) is 18.8. The van der Waals surface area contributed by atoms with Gasteiger partial charge in [0.1, 0.15) is 0 Å². The quantitative estimate of drug-likeness (QED) is 0.179. The van der Waals surface area contributed by atoms with Crippen molar-refractivity contribution in [1.29, 1.82) is 0 Å². The molecule has 10 aromatic rings. The summed E-state index contributed by atoms with van der Waals surface area (Å²) < 4.78 is 0. The zero-order chi connectivity index (χ0) is 36.3. The summed E-state index contributed by atoms with van der Waals surface area (Å²) in [5.74, 6) is 1.94. The maximum Gasteiger partial charge on any atom is 0.164 e. The Bertz CT molecular complexity index is 3050. The van der Waals surface area contributed by atoms with Crippen LogP contribution in [0, 0.1) is 0 Å². The Hall–Kier alpha value is -7.23. The number of aromatic nitrogens is 3. The summed E-state index contributed by atoms with van der Waals surface area (Å²) in [6.45, 7) is 0. The van der Waals surface area contributed by atoms with Gasteiger partial charge in [-0.2, -0.15) is 0 Å². The lowest BCUT2D eigenvalue weighted by molar-refractivity contribution is 0.775. The van der Waals surface area contributed by atoms with Crippen molar-refractivity contribution in [2.24, 2.45) is 0 Å². The average Bonchev–Trinajstić information content (AvgIpc) is 3.58. The van der Waals surface area contributed by atoms with E-state index in [9.17, 15) is 0 Å². The molecule has 0 aliphatic heterocycles. The van der Waals surface area contributed by atoms with Gasteiger partial charge >= 0.3 is 0 Å². The molecule has 0 amide bonds. The van der Waals surface area contributed by atoms with Crippen LogP contribution < -0.4 is 0 Å². The van der Waals surface area contributed by atoms with Gasteiger partial charge in [0.25, 0.3) is 0 Å². The van der Waals surface area contributed by atoms with Gasteiger partial charge in [-0.05, 0) is 77.8 Å². The van der Waals surface area contributed by atoms with E-state index in [4.69, 9.17) is 15.0 Å². The van der Waals surface area contributed by atoms with Gasteiger partial charge < -0.3 is 0 Å². The zero-order valence-electron chi connectivity index (χ0n) is 29.9. The third-order valence-corrected chi connectivity index (χ3v) is 11.4. The number of nitrogens with zero attached hydrogens (tertiary/aromatic N) is 3. The van der Waals surface area contributed by atoms with E-state index >= 15 is 0 Å². The molecular weight excluding hydrogens is 667 g/mol. The molecular formula is C52H33N3. The maximum absolute atomic E-state index is 5.28. The summed E-state index contributed by atoms with van der Waals surface area (Å²) in [4.78, 5) is 15.7. The fourth-order valence-corrected chi connectivity index (χ4v) is 8.91. The van der Waals surface area contributed by atoms with Gasteiger partial charge in [0.2, 0.25) is 0 Å². The second kappa shape index (κ2) is 12.4. The Labute approximate surface area is 319 Å². The smallest absolute Gasteiger partial charge is 0.164 e. The molecule has 1 aromatic heterocycles. The topological polar surface area (TPSA) is 38.7 Å². The second-order valence-corrected chi connectivity index (χ2v) is 14.3. The lowest BCUT2D eigenvalue weighted by atomic mass is 9.66. The highest BCUT2D eigenvalue weighted by atomic mass is 15.0. The van der Waals surface area contributed by atoms with Crippen molar-refractivity contribution in [2.45, 2.75) is 5.41 Å². The maximum atomic E-state index is 5.28. The van der Waals surface area contributed by atoms with Crippen LogP contribution in [0.25, 0.3) is 77.6 Å². The molecule has 1 heterocycles. The van der Waals surface area contributed by atoms with Gasteiger partial charge in [-0.25, -0.2) is 15.0 Å². The molecule has 0 spiro atoms. The molecule has 9 aromatic carbocycles. The van der Waals surface area contributed by atoms with E-state index in [0.29, 0.717) is 17.5 Å². The number of hydrogen-bond donors (Lipinski definition) is 0. The summed E-state index contributed by atoms with van der Waals surface area (Å²) in [6, 6.07) is 71.8. The molecule has 0 radical (unpaired) electrons. The zero-order valence-corrected chi connectivity index (χ0v) is 29.9. The largest absolute Gasteiger partial charge is 0.208 e. The van der Waals surface area contributed by atoms with Crippen LogP contribution in [-0.4, -0.2) is 15.0 Å². The van der Waals surface area contributed by atoms with E-state index in [1.807, 2.05) is 0 Å². The monoisotopic (exact) mass is 699 g/mol. The number of benzene rings is 9. The molecule has 1 aliphatic rings. The van der Waals surface area contributed by atoms with Gasteiger partial charge in [-0.15, -0.1) is 0 Å². The Morgan fingerprint density at radius 3 is 1.60 bits per heavy atom. The third kappa shape index (κ3) is 4.87. The molecule has 0 atom stereocenters. The highest BCUT2D eigenvalue weighted by molar-refractivity contribution is 6.02. The van der Waals surface area contributed by atoms with Crippen molar-refractivity contribution in [2.75, 3.05) is 0 Å². The number of hydrogen-bond acceptors (Lipinski definition) is 3. The molecule has 3 heteroatoms. The van der Waals surface area contributed by atoms with Crippen LogP contribution in [0.5, 0.6) is 0 Å². The highest BCUT2D eigenvalue weighted by Crippen LogP contribution is 2.58. The summed E-state index contributed by atoms with van der Waals surface area (Å²) >= 11 is 0. The van der Waals surface area contributed by atoms with Gasteiger partial charge in [0, 0.05) is 16.7 Å².